The predicted octanol–water partition coefficient (Wildman–Crippen LogP) is 1.83. The van der Waals surface area contributed by atoms with Crippen LogP contribution < -0.4 is 0 Å². The van der Waals surface area contributed by atoms with Crippen molar-refractivity contribution in [3.63, 3.8) is 0 Å². The zero-order chi connectivity index (χ0) is 6.69. The van der Waals surface area contributed by atoms with Gasteiger partial charge in [0.15, 0.2) is 0 Å². The average molecular weight is 255 g/mol. The number of aromatic nitrogens is 1. The van der Waals surface area contributed by atoms with E-state index in [9.17, 15) is 0 Å². The van der Waals surface area contributed by atoms with Gasteiger partial charge in [-0.05, 0) is 11.6 Å². The molecule has 0 amide bonds. The molecule has 0 bridgehead atoms. The molecule has 0 saturated heterocycles. The molecule has 0 radical (unpaired) electrons. The first kappa shape index (κ1) is 7.43. The van der Waals surface area contributed by atoms with Crippen LogP contribution >= 0.6 is 30.3 Å². The zero-order valence-electron chi connectivity index (χ0n) is 4.62. The van der Waals surface area contributed by atoms with E-state index in [1.807, 2.05) is 22.4 Å². The van der Waals surface area contributed by atoms with Gasteiger partial charge in [-0.15, -0.1) is 0 Å². The molecule has 1 aromatic rings. The standard InChI is InChI=1S/C5H6INOS/c6-9-7-2-1-5(3-7)4-8/h1-3,8H,4H2. The molecule has 0 aliphatic carbocycles. The summed E-state index contributed by atoms with van der Waals surface area (Å²) >= 11 is 2.18. The Balaban J connectivity index is 2.74. The number of hydrogen-bond donors (Lipinski definition) is 1. The molecule has 4 heteroatoms. The molecule has 1 heterocycles. The van der Waals surface area contributed by atoms with Gasteiger partial charge in [-0.1, -0.05) is 0 Å². The van der Waals surface area contributed by atoms with Crippen molar-refractivity contribution in [2.45, 2.75) is 6.61 Å². The van der Waals surface area contributed by atoms with Crippen molar-refractivity contribution in [1.29, 1.82) is 0 Å². The van der Waals surface area contributed by atoms with Crippen molar-refractivity contribution in [2.75, 3.05) is 0 Å². The van der Waals surface area contributed by atoms with Gasteiger partial charge in [0.2, 0.25) is 0 Å². The zero-order valence-corrected chi connectivity index (χ0v) is 7.59. The van der Waals surface area contributed by atoms with Gasteiger partial charge in [0.05, 0.1) is 6.61 Å². The number of nitrogens with zero attached hydrogens (tertiary/aromatic N) is 1. The molecule has 9 heavy (non-hydrogen) atoms. The van der Waals surface area contributed by atoms with Gasteiger partial charge in [0, 0.05) is 42.7 Å². The molecular weight excluding hydrogens is 249 g/mol. The van der Waals surface area contributed by atoms with Gasteiger partial charge in [-0.2, -0.15) is 0 Å². The smallest absolute Gasteiger partial charge is 0.0696 e. The van der Waals surface area contributed by atoms with Crippen molar-refractivity contribution in [1.82, 2.24) is 3.97 Å². The number of rotatable bonds is 2. The van der Waals surface area contributed by atoms with E-state index in [1.165, 1.54) is 0 Å². The molecule has 0 aromatic carbocycles. The second-order valence-corrected chi connectivity index (χ2v) is 3.35. The van der Waals surface area contributed by atoms with E-state index in [-0.39, 0.29) is 6.61 Å². The van der Waals surface area contributed by atoms with E-state index in [1.54, 1.807) is 9.12 Å². The van der Waals surface area contributed by atoms with Gasteiger partial charge in [0.1, 0.15) is 0 Å². The molecule has 2 nitrogen and oxygen atoms in total. The molecule has 0 atom stereocenters. The molecule has 0 fully saturated rings. The Bertz CT molecular complexity index is 170. The maximum Gasteiger partial charge on any atom is 0.0696 e. The van der Waals surface area contributed by atoms with Crippen LogP contribution in [0.3, 0.4) is 0 Å². The first-order chi connectivity index (χ1) is 4.36. The highest BCUT2D eigenvalue weighted by Gasteiger charge is 1.91. The summed E-state index contributed by atoms with van der Waals surface area (Å²) in [5.41, 5.74) is 0.958. The number of halogens is 1. The van der Waals surface area contributed by atoms with Crippen LogP contribution in [0.4, 0.5) is 0 Å². The summed E-state index contributed by atoms with van der Waals surface area (Å²) in [4.78, 5) is 0. The third-order valence-corrected chi connectivity index (χ3v) is 2.74. The Morgan fingerprint density at radius 2 is 2.56 bits per heavy atom. The Kier molecular flexibility index (Phi) is 2.87. The van der Waals surface area contributed by atoms with Gasteiger partial charge in [0.25, 0.3) is 0 Å². The normalized spacial score (nSPS) is 10.0. The largest absolute Gasteiger partial charge is 0.392 e. The van der Waals surface area contributed by atoms with Crippen LogP contribution in [0.5, 0.6) is 0 Å². The maximum atomic E-state index is 8.62. The molecule has 1 rings (SSSR count). The Hall–Kier alpha value is 0.320. The molecule has 0 aliphatic rings. The van der Waals surface area contributed by atoms with Crippen LogP contribution in [0.2, 0.25) is 0 Å². The fraction of sp³-hybridized carbons (Fsp3) is 0.200. The minimum absolute atomic E-state index is 0.129. The molecule has 0 spiro atoms. The summed E-state index contributed by atoms with van der Waals surface area (Å²) in [6, 6.07) is 1.89. The van der Waals surface area contributed by atoms with Gasteiger partial charge in [-0.3, -0.25) is 3.97 Å². The second-order valence-electron chi connectivity index (χ2n) is 1.61. The summed E-state index contributed by atoms with van der Waals surface area (Å²) in [5.74, 6) is 0. The summed E-state index contributed by atoms with van der Waals surface area (Å²) in [6.45, 7) is 0.129. The van der Waals surface area contributed by atoms with Gasteiger partial charge >= 0.3 is 0 Å². The van der Waals surface area contributed by atoms with Crippen LogP contribution in [0, 0.1) is 0 Å². The molecule has 50 valence electrons. The predicted molar refractivity (Wildman–Crippen MR) is 47.4 cm³/mol. The van der Waals surface area contributed by atoms with E-state index >= 15 is 0 Å². The Morgan fingerprint density at radius 1 is 1.78 bits per heavy atom. The minimum Gasteiger partial charge on any atom is -0.392 e. The highest BCUT2D eigenvalue weighted by molar-refractivity contribution is 14.2. The number of hydrogen-bond acceptors (Lipinski definition) is 2. The van der Waals surface area contributed by atoms with E-state index in [0.717, 1.165) is 5.56 Å². The van der Waals surface area contributed by atoms with Crippen LogP contribution in [0.1, 0.15) is 5.56 Å². The molecule has 0 aliphatic heterocycles. The number of aliphatic hydroxyl groups excluding tert-OH is 1. The van der Waals surface area contributed by atoms with E-state index in [4.69, 9.17) is 5.11 Å². The van der Waals surface area contributed by atoms with Crippen molar-refractivity contribution in [3.8, 4) is 0 Å². The lowest BCUT2D eigenvalue weighted by Gasteiger charge is -1.88. The summed E-state index contributed by atoms with van der Waals surface area (Å²) in [5, 5.41) is 8.62. The minimum atomic E-state index is 0.129. The number of aliphatic hydroxyl groups is 1. The first-order valence-corrected chi connectivity index (χ1v) is 5.75. The molecule has 0 unspecified atom stereocenters. The SMILES string of the molecule is OCc1ccn(SI)c1. The van der Waals surface area contributed by atoms with Crippen molar-refractivity contribution >= 4 is 30.3 Å². The molecule has 1 N–H and O–H groups in total. The summed E-state index contributed by atoms with van der Waals surface area (Å²) < 4.78 is 1.94. The lowest BCUT2D eigenvalue weighted by Crippen LogP contribution is -1.76. The quantitative estimate of drug-likeness (QED) is 0.815. The van der Waals surface area contributed by atoms with Crippen molar-refractivity contribution in [3.05, 3.63) is 24.0 Å². The van der Waals surface area contributed by atoms with Crippen molar-refractivity contribution < 1.29 is 5.11 Å². The highest BCUT2D eigenvalue weighted by atomic mass is 127. The van der Waals surface area contributed by atoms with Crippen LogP contribution in [0.15, 0.2) is 18.5 Å². The van der Waals surface area contributed by atoms with Crippen LogP contribution in [-0.2, 0) is 6.61 Å². The monoisotopic (exact) mass is 255 g/mol. The van der Waals surface area contributed by atoms with E-state index in [2.05, 4.69) is 21.2 Å². The molecule has 1 aromatic heterocycles. The highest BCUT2D eigenvalue weighted by Crippen LogP contribution is 2.16. The lowest BCUT2D eigenvalue weighted by atomic mass is 10.4. The fourth-order valence-corrected chi connectivity index (χ4v) is 1.57. The first-order valence-electron chi connectivity index (χ1n) is 2.43. The Labute approximate surface area is 70.0 Å². The van der Waals surface area contributed by atoms with Crippen molar-refractivity contribution in [2.24, 2.45) is 0 Å². The Morgan fingerprint density at radius 3 is 2.89 bits per heavy atom. The maximum absolute atomic E-state index is 8.62. The second kappa shape index (κ2) is 3.48. The van der Waals surface area contributed by atoms with E-state index < -0.39 is 0 Å². The van der Waals surface area contributed by atoms with Crippen LogP contribution in [-0.4, -0.2) is 9.08 Å². The summed E-state index contributed by atoms with van der Waals surface area (Å²) in [7, 11) is 1.58. The topological polar surface area (TPSA) is 25.2 Å². The molecular formula is C5H6INOS. The van der Waals surface area contributed by atoms with Gasteiger partial charge < -0.3 is 5.11 Å². The molecule has 0 saturated carbocycles. The average Bonchev–Trinajstić information content (AvgIpc) is 2.34. The summed E-state index contributed by atoms with van der Waals surface area (Å²) in [6.07, 6.45) is 3.82. The fourth-order valence-electron chi connectivity index (χ4n) is 0.555. The third-order valence-electron chi connectivity index (χ3n) is 0.991. The third kappa shape index (κ3) is 1.87. The van der Waals surface area contributed by atoms with Crippen LogP contribution in [0.25, 0.3) is 0 Å². The van der Waals surface area contributed by atoms with Gasteiger partial charge in [-0.25, -0.2) is 0 Å². The lowest BCUT2D eigenvalue weighted by molar-refractivity contribution is 0.282. The van der Waals surface area contributed by atoms with E-state index in [0.29, 0.717) is 0 Å².